The third-order valence-electron chi connectivity index (χ3n) is 2.36. The van der Waals surface area contributed by atoms with Gasteiger partial charge in [-0.25, -0.2) is 0 Å². The van der Waals surface area contributed by atoms with Crippen LogP contribution in [-0.4, -0.2) is 4.98 Å². The highest BCUT2D eigenvalue weighted by atomic mass is 79.9. The number of rotatable bonds is 1. The second kappa shape index (κ2) is 3.99. The van der Waals surface area contributed by atoms with E-state index in [0.29, 0.717) is 10.7 Å². The highest BCUT2D eigenvalue weighted by Gasteiger charge is 2.08. The number of benzene rings is 1. The van der Waals surface area contributed by atoms with Gasteiger partial charge in [0.1, 0.15) is 0 Å². The first kappa shape index (κ1) is 10.7. The first-order valence-corrected chi connectivity index (χ1v) is 5.82. The first-order chi connectivity index (χ1) is 7.13. The summed E-state index contributed by atoms with van der Waals surface area (Å²) in [6, 6.07) is 4.00. The normalized spacial score (nSPS) is 10.9. The topological polar surface area (TPSA) is 38.9 Å². The van der Waals surface area contributed by atoms with Crippen LogP contribution in [-0.2, 0) is 6.42 Å². The molecule has 1 heterocycles. The maximum absolute atomic E-state index is 6.14. The molecule has 1 aromatic carbocycles. The van der Waals surface area contributed by atoms with Crippen LogP contribution in [0.25, 0.3) is 10.9 Å². The van der Waals surface area contributed by atoms with Crippen LogP contribution in [0.5, 0.6) is 0 Å². The van der Waals surface area contributed by atoms with Gasteiger partial charge in [0.05, 0.1) is 22.4 Å². The number of hydrogen-bond donors (Lipinski definition) is 1. The molecule has 0 radical (unpaired) electrons. The number of nitrogens with two attached hydrogens (primary N) is 1. The summed E-state index contributed by atoms with van der Waals surface area (Å²) in [4.78, 5) is 4.32. The predicted molar refractivity (Wildman–Crippen MR) is 68.2 cm³/mol. The van der Waals surface area contributed by atoms with Crippen LogP contribution in [0.1, 0.15) is 12.5 Å². The van der Waals surface area contributed by atoms with E-state index in [1.807, 2.05) is 6.07 Å². The quantitative estimate of drug-likeness (QED) is 0.865. The lowest BCUT2D eigenvalue weighted by Gasteiger charge is -2.07. The van der Waals surface area contributed by atoms with E-state index in [4.69, 9.17) is 17.3 Å². The highest BCUT2D eigenvalue weighted by molar-refractivity contribution is 9.10. The van der Waals surface area contributed by atoms with E-state index >= 15 is 0 Å². The van der Waals surface area contributed by atoms with Gasteiger partial charge in [-0.1, -0.05) is 34.5 Å². The fourth-order valence-electron chi connectivity index (χ4n) is 1.59. The van der Waals surface area contributed by atoms with E-state index in [1.54, 1.807) is 6.20 Å². The number of aromatic nitrogens is 1. The van der Waals surface area contributed by atoms with E-state index in [1.165, 1.54) is 5.56 Å². The number of nitrogens with zero attached hydrogens (tertiary/aromatic N) is 1. The summed E-state index contributed by atoms with van der Waals surface area (Å²) in [5.74, 6) is 0. The second-order valence-electron chi connectivity index (χ2n) is 3.34. The summed E-state index contributed by atoms with van der Waals surface area (Å²) in [7, 11) is 0. The lowest BCUT2D eigenvalue weighted by molar-refractivity contribution is 1.14. The molecule has 2 N–H and O–H groups in total. The zero-order chi connectivity index (χ0) is 11.0. The van der Waals surface area contributed by atoms with Crippen molar-refractivity contribution >= 4 is 44.1 Å². The molecule has 0 unspecified atom stereocenters. The molecule has 2 rings (SSSR count). The summed E-state index contributed by atoms with van der Waals surface area (Å²) in [5.41, 5.74) is 8.33. The number of anilines is 1. The molecule has 15 heavy (non-hydrogen) atoms. The molecule has 2 nitrogen and oxygen atoms in total. The number of pyridine rings is 1. The third-order valence-corrected chi connectivity index (χ3v) is 3.24. The zero-order valence-corrected chi connectivity index (χ0v) is 10.6. The van der Waals surface area contributed by atoms with Gasteiger partial charge in [0.15, 0.2) is 0 Å². The Morgan fingerprint density at radius 2 is 2.20 bits per heavy atom. The standard InChI is InChI=1S/C11H10BrClN2/c1-2-6-3-7(12)4-8-10(13)9(14)5-15-11(6)8/h3-5H,2,14H2,1H3. The lowest BCUT2D eigenvalue weighted by Crippen LogP contribution is -1.93. The Hall–Kier alpha value is -0.800. The van der Waals surface area contributed by atoms with Gasteiger partial charge in [0.2, 0.25) is 0 Å². The molecular weight excluding hydrogens is 275 g/mol. The Labute approximate surface area is 102 Å². The average Bonchev–Trinajstić information content (AvgIpc) is 2.23. The zero-order valence-electron chi connectivity index (χ0n) is 8.22. The Balaban J connectivity index is 2.89. The number of aryl methyl sites for hydroxylation is 1. The first-order valence-electron chi connectivity index (χ1n) is 4.65. The molecule has 0 aliphatic heterocycles. The molecule has 2 aromatic rings. The monoisotopic (exact) mass is 284 g/mol. The van der Waals surface area contributed by atoms with Gasteiger partial charge in [0.25, 0.3) is 0 Å². The molecule has 0 fully saturated rings. The largest absolute Gasteiger partial charge is 0.396 e. The summed E-state index contributed by atoms with van der Waals surface area (Å²) < 4.78 is 1.00. The van der Waals surface area contributed by atoms with E-state index in [9.17, 15) is 0 Å². The molecule has 0 aliphatic carbocycles. The number of halogens is 2. The number of fused-ring (bicyclic) bond motifs is 1. The minimum Gasteiger partial charge on any atom is -0.396 e. The summed E-state index contributed by atoms with van der Waals surface area (Å²) in [5, 5.41) is 1.49. The van der Waals surface area contributed by atoms with Crippen molar-refractivity contribution in [3.8, 4) is 0 Å². The van der Waals surface area contributed by atoms with Crippen LogP contribution in [0, 0.1) is 0 Å². The van der Waals surface area contributed by atoms with Crippen LogP contribution in [0.15, 0.2) is 22.8 Å². The van der Waals surface area contributed by atoms with Crippen molar-refractivity contribution in [1.82, 2.24) is 4.98 Å². The van der Waals surface area contributed by atoms with Crippen molar-refractivity contribution in [2.75, 3.05) is 5.73 Å². The Morgan fingerprint density at radius 1 is 1.47 bits per heavy atom. The van der Waals surface area contributed by atoms with Gasteiger partial charge in [-0.15, -0.1) is 0 Å². The molecule has 0 saturated heterocycles. The SMILES string of the molecule is CCc1cc(Br)cc2c(Cl)c(N)cnc12. The molecule has 1 aromatic heterocycles. The molecule has 0 bridgehead atoms. The van der Waals surface area contributed by atoms with Crippen molar-refractivity contribution in [1.29, 1.82) is 0 Å². The Bertz CT molecular complexity index is 525. The van der Waals surface area contributed by atoms with Crippen molar-refractivity contribution in [2.45, 2.75) is 13.3 Å². The number of nitrogen functional groups attached to an aromatic ring is 1. The fraction of sp³-hybridized carbons (Fsp3) is 0.182. The highest BCUT2D eigenvalue weighted by Crippen LogP contribution is 2.31. The van der Waals surface area contributed by atoms with Gasteiger partial charge in [0, 0.05) is 9.86 Å². The lowest BCUT2D eigenvalue weighted by atomic mass is 10.1. The van der Waals surface area contributed by atoms with Crippen molar-refractivity contribution in [2.24, 2.45) is 0 Å². The predicted octanol–water partition coefficient (Wildman–Crippen LogP) is 3.80. The maximum atomic E-state index is 6.14. The smallest absolute Gasteiger partial charge is 0.0751 e. The van der Waals surface area contributed by atoms with Gasteiger partial charge in [-0.2, -0.15) is 0 Å². The number of hydrogen-bond acceptors (Lipinski definition) is 2. The Kier molecular flexibility index (Phi) is 2.85. The maximum Gasteiger partial charge on any atom is 0.0751 e. The molecule has 78 valence electrons. The molecule has 0 atom stereocenters. The molecular formula is C11H10BrClN2. The summed E-state index contributed by atoms with van der Waals surface area (Å²) in [6.07, 6.45) is 2.53. The second-order valence-corrected chi connectivity index (χ2v) is 4.64. The molecule has 0 aliphatic rings. The fourth-order valence-corrected chi connectivity index (χ4v) is 2.29. The van der Waals surface area contributed by atoms with Crippen LogP contribution >= 0.6 is 27.5 Å². The molecule has 0 spiro atoms. The van der Waals surface area contributed by atoms with Gasteiger partial charge in [-0.05, 0) is 24.1 Å². The van der Waals surface area contributed by atoms with Crippen LogP contribution in [0.4, 0.5) is 5.69 Å². The summed E-state index contributed by atoms with van der Waals surface area (Å²) >= 11 is 9.60. The minimum absolute atomic E-state index is 0.518. The van der Waals surface area contributed by atoms with E-state index in [2.05, 4.69) is 33.9 Å². The summed E-state index contributed by atoms with van der Waals surface area (Å²) in [6.45, 7) is 2.09. The molecule has 4 heteroatoms. The van der Waals surface area contributed by atoms with Crippen molar-refractivity contribution < 1.29 is 0 Å². The van der Waals surface area contributed by atoms with E-state index in [0.717, 1.165) is 21.8 Å². The van der Waals surface area contributed by atoms with Crippen LogP contribution in [0.2, 0.25) is 5.02 Å². The van der Waals surface area contributed by atoms with Crippen molar-refractivity contribution in [3.05, 3.63) is 33.4 Å². The molecule has 0 saturated carbocycles. The average molecular weight is 286 g/mol. The Morgan fingerprint density at radius 3 is 2.87 bits per heavy atom. The van der Waals surface area contributed by atoms with E-state index < -0.39 is 0 Å². The third kappa shape index (κ3) is 1.82. The van der Waals surface area contributed by atoms with Gasteiger partial charge < -0.3 is 5.73 Å². The van der Waals surface area contributed by atoms with Crippen molar-refractivity contribution in [3.63, 3.8) is 0 Å². The molecule has 0 amide bonds. The van der Waals surface area contributed by atoms with Crippen LogP contribution < -0.4 is 5.73 Å². The van der Waals surface area contributed by atoms with Gasteiger partial charge in [-0.3, -0.25) is 4.98 Å². The minimum atomic E-state index is 0.518. The van der Waals surface area contributed by atoms with Gasteiger partial charge >= 0.3 is 0 Å². The van der Waals surface area contributed by atoms with E-state index in [-0.39, 0.29) is 0 Å². The van der Waals surface area contributed by atoms with Crippen LogP contribution in [0.3, 0.4) is 0 Å².